The summed E-state index contributed by atoms with van der Waals surface area (Å²) in [6.07, 6.45) is 4.41. The van der Waals surface area contributed by atoms with Crippen LogP contribution in [-0.4, -0.2) is 31.4 Å². The van der Waals surface area contributed by atoms with E-state index >= 15 is 0 Å². The molecule has 0 aliphatic carbocycles. The molecule has 19 heavy (non-hydrogen) atoms. The van der Waals surface area contributed by atoms with Gasteiger partial charge in [-0.3, -0.25) is 0 Å². The minimum absolute atomic E-state index is 0.346. The van der Waals surface area contributed by atoms with Crippen molar-refractivity contribution in [3.8, 4) is 0 Å². The van der Waals surface area contributed by atoms with Gasteiger partial charge in [0.15, 0.2) is 0 Å². The fraction of sp³-hybridized carbons (Fsp3) is 0.625. The number of likely N-dealkylation sites (N-methyl/N-ethyl adjacent to an activating group) is 1. The molecule has 0 bridgehead atoms. The molecule has 2 atom stereocenters. The minimum Gasteiger partial charge on any atom is -0.388 e. The number of ether oxygens (including phenoxy) is 1. The van der Waals surface area contributed by atoms with Crippen LogP contribution in [-0.2, 0) is 4.74 Å². The highest BCUT2D eigenvalue weighted by atomic mass is 16.5. The number of benzene rings is 1. The molecular formula is C16H25NO2. The van der Waals surface area contributed by atoms with E-state index in [2.05, 4.69) is 24.1 Å². The van der Waals surface area contributed by atoms with Gasteiger partial charge in [0.1, 0.15) is 0 Å². The van der Waals surface area contributed by atoms with E-state index in [0.717, 1.165) is 31.6 Å². The molecule has 0 radical (unpaired) electrons. The lowest BCUT2D eigenvalue weighted by Gasteiger charge is -2.28. The van der Waals surface area contributed by atoms with Crippen LogP contribution in [0.4, 0.5) is 5.69 Å². The minimum atomic E-state index is -0.346. The second kappa shape index (κ2) is 6.92. The number of hydrogen-bond donors (Lipinski definition) is 1. The van der Waals surface area contributed by atoms with E-state index in [0.29, 0.717) is 6.10 Å². The van der Waals surface area contributed by atoms with Crippen LogP contribution in [0.2, 0.25) is 0 Å². The normalized spacial score (nSPS) is 21.1. The van der Waals surface area contributed by atoms with Crippen LogP contribution in [0.5, 0.6) is 0 Å². The third-order valence-electron chi connectivity index (χ3n) is 3.86. The van der Waals surface area contributed by atoms with Crippen molar-refractivity contribution in [2.75, 3.05) is 25.1 Å². The summed E-state index contributed by atoms with van der Waals surface area (Å²) in [6, 6.07) is 8.19. The maximum absolute atomic E-state index is 9.79. The zero-order valence-electron chi connectivity index (χ0n) is 12.0. The Balaban J connectivity index is 1.93. The number of aliphatic hydroxyl groups is 1. The molecule has 1 heterocycles. The first-order chi connectivity index (χ1) is 9.20. The van der Waals surface area contributed by atoms with Crippen LogP contribution >= 0.6 is 0 Å². The van der Waals surface area contributed by atoms with E-state index in [1.165, 1.54) is 18.5 Å². The highest BCUT2D eigenvalue weighted by Gasteiger charge is 2.16. The summed E-state index contributed by atoms with van der Waals surface area (Å²) in [5.41, 5.74) is 2.18. The average Bonchev–Trinajstić information content (AvgIpc) is 2.47. The SMILES string of the molecule is CC[C@H](O)c1ccc(N(C)CC2CCCCO2)cc1. The third-order valence-corrected chi connectivity index (χ3v) is 3.86. The molecule has 3 nitrogen and oxygen atoms in total. The Morgan fingerprint density at radius 1 is 1.32 bits per heavy atom. The predicted molar refractivity (Wildman–Crippen MR) is 78.6 cm³/mol. The quantitative estimate of drug-likeness (QED) is 0.886. The monoisotopic (exact) mass is 263 g/mol. The van der Waals surface area contributed by atoms with Gasteiger partial charge in [-0.05, 0) is 43.4 Å². The summed E-state index contributed by atoms with van der Waals surface area (Å²) in [4.78, 5) is 2.23. The molecule has 0 aromatic heterocycles. The van der Waals surface area contributed by atoms with Crippen molar-refractivity contribution < 1.29 is 9.84 Å². The Morgan fingerprint density at radius 2 is 2.05 bits per heavy atom. The van der Waals surface area contributed by atoms with Crippen molar-refractivity contribution in [2.24, 2.45) is 0 Å². The van der Waals surface area contributed by atoms with E-state index in [4.69, 9.17) is 4.74 Å². The Hall–Kier alpha value is -1.06. The first kappa shape index (κ1) is 14.4. The maximum atomic E-state index is 9.79. The number of hydrogen-bond acceptors (Lipinski definition) is 3. The zero-order chi connectivity index (χ0) is 13.7. The summed E-state index contributed by atoms with van der Waals surface area (Å²) in [6.45, 7) is 3.83. The highest BCUT2D eigenvalue weighted by Crippen LogP contribution is 2.22. The first-order valence-corrected chi connectivity index (χ1v) is 7.31. The second-order valence-corrected chi connectivity index (χ2v) is 5.38. The number of anilines is 1. The van der Waals surface area contributed by atoms with Crippen LogP contribution in [0.1, 0.15) is 44.3 Å². The van der Waals surface area contributed by atoms with Crippen molar-refractivity contribution >= 4 is 5.69 Å². The molecule has 0 saturated carbocycles. The van der Waals surface area contributed by atoms with Crippen LogP contribution in [0, 0.1) is 0 Å². The fourth-order valence-electron chi connectivity index (χ4n) is 2.55. The van der Waals surface area contributed by atoms with Gasteiger partial charge in [-0.2, -0.15) is 0 Å². The molecule has 2 rings (SSSR count). The molecule has 1 aromatic rings. The molecular weight excluding hydrogens is 238 g/mol. The van der Waals surface area contributed by atoms with E-state index in [9.17, 15) is 5.11 Å². The van der Waals surface area contributed by atoms with Crippen molar-refractivity contribution in [2.45, 2.75) is 44.8 Å². The van der Waals surface area contributed by atoms with E-state index in [1.807, 2.05) is 19.1 Å². The fourth-order valence-corrected chi connectivity index (χ4v) is 2.55. The van der Waals surface area contributed by atoms with E-state index < -0.39 is 0 Å². The number of rotatable bonds is 5. The highest BCUT2D eigenvalue weighted by molar-refractivity contribution is 5.47. The topological polar surface area (TPSA) is 32.7 Å². The van der Waals surface area contributed by atoms with Gasteiger partial charge in [-0.25, -0.2) is 0 Å². The standard InChI is InChI=1S/C16H25NO2/c1-3-16(18)13-7-9-14(10-8-13)17(2)12-15-6-4-5-11-19-15/h7-10,15-16,18H,3-6,11-12H2,1-2H3/t15?,16-/m0/s1. The molecule has 1 saturated heterocycles. The smallest absolute Gasteiger partial charge is 0.0787 e. The Kier molecular flexibility index (Phi) is 5.23. The Labute approximate surface area is 116 Å². The third kappa shape index (κ3) is 3.95. The largest absolute Gasteiger partial charge is 0.388 e. The molecule has 1 fully saturated rings. The maximum Gasteiger partial charge on any atom is 0.0787 e. The predicted octanol–water partition coefficient (Wildman–Crippen LogP) is 3.14. The van der Waals surface area contributed by atoms with Gasteiger partial charge < -0.3 is 14.7 Å². The number of aliphatic hydroxyl groups excluding tert-OH is 1. The Morgan fingerprint density at radius 3 is 2.63 bits per heavy atom. The van der Waals surface area contributed by atoms with Gasteiger partial charge in [-0.15, -0.1) is 0 Å². The summed E-state index contributed by atoms with van der Waals surface area (Å²) in [5, 5.41) is 9.79. The molecule has 106 valence electrons. The van der Waals surface area contributed by atoms with Crippen molar-refractivity contribution in [3.05, 3.63) is 29.8 Å². The molecule has 0 amide bonds. The number of nitrogens with zero attached hydrogens (tertiary/aromatic N) is 1. The molecule has 1 aliphatic rings. The molecule has 3 heteroatoms. The van der Waals surface area contributed by atoms with Gasteiger partial charge in [0.05, 0.1) is 12.2 Å². The van der Waals surface area contributed by atoms with Gasteiger partial charge in [0.25, 0.3) is 0 Å². The van der Waals surface area contributed by atoms with Crippen molar-refractivity contribution in [1.82, 2.24) is 0 Å². The lowest BCUT2D eigenvalue weighted by Crippen LogP contribution is -2.33. The van der Waals surface area contributed by atoms with Crippen LogP contribution in [0.3, 0.4) is 0 Å². The zero-order valence-corrected chi connectivity index (χ0v) is 12.0. The van der Waals surface area contributed by atoms with Gasteiger partial charge in [0.2, 0.25) is 0 Å². The van der Waals surface area contributed by atoms with Crippen LogP contribution < -0.4 is 4.90 Å². The summed E-state index contributed by atoms with van der Waals surface area (Å²) >= 11 is 0. The lowest BCUT2D eigenvalue weighted by atomic mass is 10.1. The first-order valence-electron chi connectivity index (χ1n) is 7.31. The molecule has 1 aliphatic heterocycles. The van der Waals surface area contributed by atoms with Crippen LogP contribution in [0.15, 0.2) is 24.3 Å². The van der Waals surface area contributed by atoms with Crippen molar-refractivity contribution in [1.29, 1.82) is 0 Å². The molecule has 0 spiro atoms. The average molecular weight is 263 g/mol. The summed E-state index contributed by atoms with van der Waals surface area (Å²) in [7, 11) is 2.10. The van der Waals surface area contributed by atoms with Crippen LogP contribution in [0.25, 0.3) is 0 Å². The van der Waals surface area contributed by atoms with E-state index in [1.54, 1.807) is 0 Å². The molecule has 1 aromatic carbocycles. The second-order valence-electron chi connectivity index (χ2n) is 5.38. The molecule has 1 N–H and O–H groups in total. The summed E-state index contributed by atoms with van der Waals surface area (Å²) in [5.74, 6) is 0. The van der Waals surface area contributed by atoms with Gasteiger partial charge in [0, 0.05) is 25.9 Å². The summed E-state index contributed by atoms with van der Waals surface area (Å²) < 4.78 is 5.77. The lowest BCUT2D eigenvalue weighted by molar-refractivity contribution is 0.0216. The Bertz CT molecular complexity index is 371. The van der Waals surface area contributed by atoms with Gasteiger partial charge >= 0.3 is 0 Å². The van der Waals surface area contributed by atoms with Crippen molar-refractivity contribution in [3.63, 3.8) is 0 Å². The van der Waals surface area contributed by atoms with Gasteiger partial charge in [-0.1, -0.05) is 19.1 Å². The van der Waals surface area contributed by atoms with E-state index in [-0.39, 0.29) is 6.10 Å². The molecule has 1 unspecified atom stereocenters.